The monoisotopic (exact) mass is 736 g/mol. The summed E-state index contributed by atoms with van der Waals surface area (Å²) in [4.78, 5) is 29.5. The molecule has 0 fully saturated rings. The van der Waals surface area contributed by atoms with Crippen molar-refractivity contribution < 1.29 is 47.4 Å². The first-order valence-electron chi connectivity index (χ1n) is 15.7. The Bertz CT molecular complexity index is 1250. The molecule has 6 atom stereocenters. The van der Waals surface area contributed by atoms with E-state index in [0.29, 0.717) is 19.3 Å². The first kappa shape index (κ1) is 47.8. The van der Waals surface area contributed by atoms with Crippen LogP contribution in [0, 0.1) is 0 Å². The second-order valence-electron chi connectivity index (χ2n) is 11.2. The molecule has 0 aliphatic heterocycles. The summed E-state index contributed by atoms with van der Waals surface area (Å²) in [7, 11) is -7.83. The van der Waals surface area contributed by atoms with Gasteiger partial charge in [0.1, 0.15) is 12.6 Å². The van der Waals surface area contributed by atoms with Crippen LogP contribution >= 0.6 is 23.1 Å². The van der Waals surface area contributed by atoms with E-state index in [2.05, 4.69) is 18.9 Å². The van der Waals surface area contributed by atoms with Crippen LogP contribution in [-0.4, -0.2) is 65.2 Å². The van der Waals surface area contributed by atoms with Crippen molar-refractivity contribution in [3.63, 3.8) is 0 Å². The maximum Gasteiger partial charge on any atom is 0.505 e. The molecule has 0 spiro atoms. The van der Waals surface area contributed by atoms with Gasteiger partial charge in [-0.3, -0.25) is 18.7 Å². The summed E-state index contributed by atoms with van der Waals surface area (Å²) in [5.41, 5.74) is 7.50. The van der Waals surface area contributed by atoms with Gasteiger partial charge in [-0.1, -0.05) is 87.4 Å². The number of carbonyl (C=O) groups is 2. The molecule has 0 radical (unpaired) electrons. The number of benzene rings is 2. The van der Waals surface area contributed by atoms with Crippen molar-refractivity contribution in [2.45, 2.75) is 97.6 Å². The van der Waals surface area contributed by atoms with Crippen LogP contribution in [0.5, 0.6) is 0 Å². The molecule has 0 saturated carbocycles. The molecule has 2 rings (SSSR count). The number of carboxylic acid groups (broad SMARTS) is 2. The zero-order chi connectivity index (χ0) is 37.2. The lowest BCUT2D eigenvalue weighted by molar-refractivity contribution is -0.140. The molecule has 6 unspecified atom stereocenters. The topological polar surface area (TPSA) is 215 Å². The SMILES string of the molecule is CCCC(C)N.CCCC(C)NP(C)(=O)OCc1ccccc1.CP(=O)(O)NC(CCC(=O)O)C(=O)O.C[P+](=O)OCc1ccccc1. The number of hydrogen-bond acceptors (Lipinski definition) is 8. The highest BCUT2D eigenvalue weighted by molar-refractivity contribution is 7.56. The van der Waals surface area contributed by atoms with Gasteiger partial charge in [-0.2, -0.15) is 0 Å². The summed E-state index contributed by atoms with van der Waals surface area (Å²) in [6.07, 6.45) is 3.84. The normalized spacial score (nSPS) is 15.1. The summed E-state index contributed by atoms with van der Waals surface area (Å²) in [5, 5.41) is 21.9. The van der Waals surface area contributed by atoms with Crippen molar-refractivity contribution in [3.05, 3.63) is 71.8 Å². The number of nitrogens with two attached hydrogens (primary N) is 1. The Kier molecular flexibility index (Phi) is 27.4. The lowest BCUT2D eigenvalue weighted by atomic mass is 10.2. The number of aliphatic carboxylic acids is 2. The fraction of sp³-hybridized carbons (Fsp3) is 0.562. The van der Waals surface area contributed by atoms with Gasteiger partial charge in [-0.15, -0.1) is 4.52 Å². The maximum absolute atomic E-state index is 12.1. The molecule has 48 heavy (non-hydrogen) atoms. The Morgan fingerprint density at radius 3 is 1.69 bits per heavy atom. The van der Waals surface area contributed by atoms with Gasteiger partial charge >= 0.3 is 20.0 Å². The van der Waals surface area contributed by atoms with Crippen molar-refractivity contribution in [2.24, 2.45) is 5.73 Å². The molecule has 13 nitrogen and oxygen atoms in total. The second kappa shape index (κ2) is 27.5. The lowest BCUT2D eigenvalue weighted by Gasteiger charge is -2.20. The van der Waals surface area contributed by atoms with Crippen LogP contribution in [0.2, 0.25) is 0 Å². The summed E-state index contributed by atoms with van der Waals surface area (Å²) in [6, 6.07) is 18.8. The van der Waals surface area contributed by atoms with Gasteiger partial charge in [-0.25, -0.2) is 10.2 Å². The molecule has 2 aromatic rings. The van der Waals surface area contributed by atoms with Crippen LogP contribution in [0.15, 0.2) is 60.7 Å². The van der Waals surface area contributed by atoms with Crippen molar-refractivity contribution in [1.29, 1.82) is 0 Å². The van der Waals surface area contributed by atoms with Crippen LogP contribution < -0.4 is 15.9 Å². The van der Waals surface area contributed by atoms with Crippen molar-refractivity contribution >= 4 is 35.0 Å². The zero-order valence-electron chi connectivity index (χ0n) is 29.3. The molecule has 0 amide bonds. The molecular weight excluding hydrogens is 679 g/mol. The summed E-state index contributed by atoms with van der Waals surface area (Å²) in [6.45, 7) is 13.3. The smallest absolute Gasteiger partial charge is 0.481 e. The average Bonchev–Trinajstić information content (AvgIpc) is 2.98. The standard InChI is InChI=1S/C13H22NO2P.C8H10O2P.C6H12NO6P.C5H13N/c1-4-8-12(2)14-17(3,15)16-11-13-9-6-5-7-10-13;1-11(9)10-7-8-5-3-2-4-6-8;1-14(12,13)7-4(6(10)11)2-3-5(8)9;1-3-4-5(2)6/h5-7,9-10,12H,4,8,11H2,1-3H3,(H,14,15);2-6H,7H2,1H3;4H,2-3H2,1H3,(H,8,9)(H,10,11)(H2,7,12,13);5H,3-4,6H2,1-2H3/q;+1;;. The van der Waals surface area contributed by atoms with Crippen LogP contribution in [0.1, 0.15) is 77.3 Å². The third kappa shape index (κ3) is 32.3. The Morgan fingerprint density at radius 2 is 1.33 bits per heavy atom. The fourth-order valence-electron chi connectivity index (χ4n) is 3.70. The van der Waals surface area contributed by atoms with Crippen molar-refractivity contribution in [1.82, 2.24) is 10.2 Å². The summed E-state index contributed by atoms with van der Waals surface area (Å²) < 4.78 is 43.9. The predicted octanol–water partition coefficient (Wildman–Crippen LogP) is 7.22. The summed E-state index contributed by atoms with van der Waals surface area (Å²) in [5.74, 6) is -2.50. The molecule has 0 bridgehead atoms. The molecule has 0 saturated heterocycles. The van der Waals surface area contributed by atoms with E-state index in [1.165, 1.54) is 6.42 Å². The van der Waals surface area contributed by atoms with Crippen molar-refractivity contribution in [3.8, 4) is 0 Å². The largest absolute Gasteiger partial charge is 0.505 e. The maximum atomic E-state index is 12.1. The highest BCUT2D eigenvalue weighted by atomic mass is 31.2. The lowest BCUT2D eigenvalue weighted by Crippen LogP contribution is -2.34. The minimum Gasteiger partial charge on any atom is -0.481 e. The van der Waals surface area contributed by atoms with Crippen molar-refractivity contribution in [2.75, 3.05) is 20.0 Å². The molecule has 2 aromatic carbocycles. The number of carboxylic acids is 2. The molecule has 0 heterocycles. The van der Waals surface area contributed by atoms with Gasteiger partial charge in [0.15, 0.2) is 6.66 Å². The predicted molar refractivity (Wildman–Crippen MR) is 193 cm³/mol. The fourth-order valence-corrected chi connectivity index (χ4v) is 6.25. The number of rotatable bonds is 18. The minimum absolute atomic E-state index is 0.228. The minimum atomic E-state index is -3.66. The molecule has 0 aromatic heterocycles. The van der Waals surface area contributed by atoms with Gasteiger partial charge in [0.25, 0.3) is 15.0 Å². The Hall–Kier alpha value is -2.30. The van der Waals surface area contributed by atoms with Gasteiger partial charge in [0, 0.05) is 31.8 Å². The Morgan fingerprint density at radius 1 is 0.854 bits per heavy atom. The van der Waals surface area contributed by atoms with Crippen LogP contribution in [0.25, 0.3) is 0 Å². The van der Waals surface area contributed by atoms with E-state index < -0.39 is 41.0 Å². The third-order valence-corrected chi connectivity index (χ3v) is 8.65. The van der Waals surface area contributed by atoms with E-state index in [0.717, 1.165) is 37.1 Å². The van der Waals surface area contributed by atoms with Crippen LogP contribution in [0.3, 0.4) is 0 Å². The van der Waals surface area contributed by atoms with Crippen LogP contribution in [-0.2, 0) is 45.5 Å². The molecule has 16 heteroatoms. The highest BCUT2D eigenvalue weighted by Crippen LogP contribution is 2.39. The molecule has 0 aliphatic carbocycles. The molecule has 0 aliphatic rings. The first-order valence-corrected chi connectivity index (χ1v) is 21.5. The van der Waals surface area contributed by atoms with E-state index in [1.54, 1.807) is 13.3 Å². The van der Waals surface area contributed by atoms with Gasteiger partial charge in [0.05, 0.1) is 6.61 Å². The van der Waals surface area contributed by atoms with E-state index >= 15 is 0 Å². The third-order valence-electron chi connectivity index (χ3n) is 5.84. The number of nitrogens with one attached hydrogen (secondary N) is 2. The second-order valence-corrected chi connectivity index (χ2v) is 16.6. The van der Waals surface area contributed by atoms with E-state index in [-0.39, 0.29) is 18.9 Å². The average molecular weight is 737 g/mol. The van der Waals surface area contributed by atoms with Gasteiger partial charge in [-0.05, 0) is 48.8 Å². The summed E-state index contributed by atoms with van der Waals surface area (Å²) >= 11 is 0. The number of hydrogen-bond donors (Lipinski definition) is 6. The van der Waals surface area contributed by atoms with Crippen LogP contribution in [0.4, 0.5) is 0 Å². The Balaban J connectivity index is 0. The first-order chi connectivity index (χ1) is 22.3. The van der Waals surface area contributed by atoms with Gasteiger partial charge in [0.2, 0.25) is 0 Å². The molecule has 7 N–H and O–H groups in total. The van der Waals surface area contributed by atoms with E-state index in [1.807, 2.05) is 79.6 Å². The van der Waals surface area contributed by atoms with Gasteiger partial charge < -0.3 is 25.4 Å². The highest BCUT2D eigenvalue weighted by Gasteiger charge is 2.24. The molecular formula is C32H57N3O10P3+. The van der Waals surface area contributed by atoms with E-state index in [4.69, 9.17) is 29.9 Å². The molecule has 274 valence electrons. The van der Waals surface area contributed by atoms with E-state index in [9.17, 15) is 23.3 Å². The Labute approximate surface area is 287 Å². The quantitative estimate of drug-likeness (QED) is 0.0835. The zero-order valence-corrected chi connectivity index (χ0v) is 32.0.